The van der Waals surface area contributed by atoms with Crippen LogP contribution in [0, 0.1) is 0 Å². The van der Waals surface area contributed by atoms with Gasteiger partial charge in [-0.15, -0.1) is 0 Å². The first-order valence-corrected chi connectivity index (χ1v) is 6.98. The van der Waals surface area contributed by atoms with E-state index in [1.165, 1.54) is 0 Å². The number of hydrogen-bond donors (Lipinski definition) is 3. The highest BCUT2D eigenvalue weighted by Gasteiger charge is 2.11. The second-order valence-corrected chi connectivity index (χ2v) is 5.07. The number of benzene rings is 2. The fourth-order valence-electron chi connectivity index (χ4n) is 2.03. The molecule has 0 aliphatic carbocycles. The lowest BCUT2D eigenvalue weighted by Crippen LogP contribution is -2.21. The van der Waals surface area contributed by atoms with Gasteiger partial charge in [-0.1, -0.05) is 29.8 Å². The summed E-state index contributed by atoms with van der Waals surface area (Å²) in [5, 5.41) is 23.5. The molecule has 2 rings (SSSR count). The third-order valence-electron chi connectivity index (χ3n) is 3.20. The number of aliphatic hydroxyl groups is 1. The van der Waals surface area contributed by atoms with Crippen LogP contribution in [0.15, 0.2) is 42.5 Å². The largest absolute Gasteiger partial charge is 0.508 e. The third kappa shape index (κ3) is 4.11. The van der Waals surface area contributed by atoms with E-state index in [1.807, 2.05) is 12.1 Å². The Kier molecular flexibility index (Phi) is 5.44. The van der Waals surface area contributed by atoms with Gasteiger partial charge in [-0.2, -0.15) is 0 Å². The van der Waals surface area contributed by atoms with Crippen LogP contribution in [0.3, 0.4) is 0 Å². The molecule has 4 nitrogen and oxygen atoms in total. The van der Waals surface area contributed by atoms with Gasteiger partial charge in [-0.3, -0.25) is 0 Å². The Morgan fingerprint density at radius 2 is 2.00 bits per heavy atom. The molecule has 21 heavy (non-hydrogen) atoms. The van der Waals surface area contributed by atoms with Gasteiger partial charge in [-0.25, -0.2) is 0 Å². The van der Waals surface area contributed by atoms with Crippen LogP contribution in [-0.4, -0.2) is 23.9 Å². The van der Waals surface area contributed by atoms with E-state index in [1.54, 1.807) is 37.4 Å². The molecule has 0 aromatic heterocycles. The van der Waals surface area contributed by atoms with Gasteiger partial charge in [0, 0.05) is 29.2 Å². The quantitative estimate of drug-likeness (QED) is 0.768. The van der Waals surface area contributed by atoms with Crippen LogP contribution in [0.1, 0.15) is 17.2 Å². The lowest BCUT2D eigenvalue weighted by Gasteiger charge is -2.14. The number of phenols is 1. The molecule has 2 aromatic carbocycles. The molecule has 1 atom stereocenters. The van der Waals surface area contributed by atoms with E-state index < -0.39 is 6.10 Å². The molecule has 1 unspecified atom stereocenters. The first-order chi connectivity index (χ1) is 10.1. The Hall–Kier alpha value is -1.75. The maximum Gasteiger partial charge on any atom is 0.120 e. The molecule has 0 saturated carbocycles. The van der Waals surface area contributed by atoms with Crippen LogP contribution in [0.4, 0.5) is 0 Å². The standard InChI is InChI=1S/C16H18ClNO3/c1-21-12-6-7-15(19)11(8-12)9-18-10-16(20)13-4-2-3-5-14(13)17/h2-8,16,18-20H,9-10H2,1H3. The topological polar surface area (TPSA) is 61.7 Å². The highest BCUT2D eigenvalue weighted by Crippen LogP contribution is 2.24. The molecule has 0 saturated heterocycles. The van der Waals surface area contributed by atoms with Gasteiger partial charge in [0.15, 0.2) is 0 Å². The van der Waals surface area contributed by atoms with E-state index >= 15 is 0 Å². The summed E-state index contributed by atoms with van der Waals surface area (Å²) in [6.07, 6.45) is -0.702. The van der Waals surface area contributed by atoms with E-state index in [0.29, 0.717) is 35.0 Å². The molecule has 2 aromatic rings. The smallest absolute Gasteiger partial charge is 0.120 e. The second-order valence-electron chi connectivity index (χ2n) is 4.66. The molecule has 5 heteroatoms. The average molecular weight is 308 g/mol. The number of methoxy groups -OCH3 is 1. The van der Waals surface area contributed by atoms with Crippen molar-refractivity contribution in [3.63, 3.8) is 0 Å². The summed E-state index contributed by atoms with van der Waals surface area (Å²) in [5.74, 6) is 0.867. The van der Waals surface area contributed by atoms with Gasteiger partial charge in [0.05, 0.1) is 13.2 Å². The van der Waals surface area contributed by atoms with E-state index in [4.69, 9.17) is 16.3 Å². The minimum absolute atomic E-state index is 0.190. The summed E-state index contributed by atoms with van der Waals surface area (Å²) >= 11 is 6.04. The molecule has 3 N–H and O–H groups in total. The van der Waals surface area contributed by atoms with Crippen LogP contribution in [0.25, 0.3) is 0 Å². The van der Waals surface area contributed by atoms with E-state index in [9.17, 15) is 10.2 Å². The fourth-order valence-corrected chi connectivity index (χ4v) is 2.29. The van der Waals surface area contributed by atoms with Gasteiger partial charge < -0.3 is 20.3 Å². The van der Waals surface area contributed by atoms with Crippen molar-refractivity contribution in [2.24, 2.45) is 0 Å². The highest BCUT2D eigenvalue weighted by molar-refractivity contribution is 6.31. The number of aromatic hydroxyl groups is 1. The second kappa shape index (κ2) is 7.31. The van der Waals surface area contributed by atoms with E-state index in [0.717, 1.165) is 0 Å². The van der Waals surface area contributed by atoms with E-state index in [2.05, 4.69) is 5.32 Å². The Labute approximate surface area is 129 Å². The predicted octanol–water partition coefficient (Wildman–Crippen LogP) is 2.88. The SMILES string of the molecule is COc1ccc(O)c(CNCC(O)c2ccccc2Cl)c1. The summed E-state index contributed by atoms with van der Waals surface area (Å²) in [6, 6.07) is 12.2. The number of aliphatic hydroxyl groups excluding tert-OH is 1. The molecule has 0 aliphatic rings. The van der Waals surface area contributed by atoms with Gasteiger partial charge in [-0.05, 0) is 24.3 Å². The molecular weight excluding hydrogens is 290 g/mol. The van der Waals surface area contributed by atoms with Crippen LogP contribution < -0.4 is 10.1 Å². The molecule has 0 amide bonds. The number of hydrogen-bond acceptors (Lipinski definition) is 4. The Morgan fingerprint density at radius 3 is 2.71 bits per heavy atom. The first-order valence-electron chi connectivity index (χ1n) is 6.61. The maximum atomic E-state index is 10.1. The molecule has 0 heterocycles. The summed E-state index contributed by atoms with van der Waals surface area (Å²) in [7, 11) is 1.57. The normalized spacial score (nSPS) is 12.1. The van der Waals surface area contributed by atoms with Gasteiger partial charge in [0.2, 0.25) is 0 Å². The average Bonchev–Trinajstić information content (AvgIpc) is 2.49. The molecule has 0 bridgehead atoms. The van der Waals surface area contributed by atoms with E-state index in [-0.39, 0.29) is 5.75 Å². The molecule has 0 spiro atoms. The third-order valence-corrected chi connectivity index (χ3v) is 3.55. The molecule has 0 aliphatic heterocycles. The van der Waals surface area contributed by atoms with Crippen molar-refractivity contribution < 1.29 is 14.9 Å². The molecule has 0 radical (unpaired) electrons. The minimum atomic E-state index is -0.702. The van der Waals surface area contributed by atoms with Crippen molar-refractivity contribution in [1.82, 2.24) is 5.32 Å². The van der Waals surface area contributed by atoms with Crippen LogP contribution in [0.2, 0.25) is 5.02 Å². The minimum Gasteiger partial charge on any atom is -0.508 e. The summed E-state index contributed by atoms with van der Waals surface area (Å²) in [6.45, 7) is 0.755. The summed E-state index contributed by atoms with van der Waals surface area (Å²) < 4.78 is 5.12. The van der Waals surface area contributed by atoms with Gasteiger partial charge in [0.1, 0.15) is 11.5 Å². The first kappa shape index (κ1) is 15.6. The Balaban J connectivity index is 1.94. The summed E-state index contributed by atoms with van der Waals surface area (Å²) in [4.78, 5) is 0. The lowest BCUT2D eigenvalue weighted by atomic mass is 10.1. The predicted molar refractivity (Wildman–Crippen MR) is 82.8 cm³/mol. The van der Waals surface area contributed by atoms with Crippen LogP contribution in [0.5, 0.6) is 11.5 Å². The van der Waals surface area contributed by atoms with Crippen molar-refractivity contribution in [3.8, 4) is 11.5 Å². The number of halogens is 1. The van der Waals surface area contributed by atoms with Crippen molar-refractivity contribution in [2.45, 2.75) is 12.6 Å². The van der Waals surface area contributed by atoms with Crippen molar-refractivity contribution in [2.75, 3.05) is 13.7 Å². The zero-order valence-corrected chi connectivity index (χ0v) is 12.5. The van der Waals surface area contributed by atoms with Crippen LogP contribution in [-0.2, 0) is 6.54 Å². The summed E-state index contributed by atoms with van der Waals surface area (Å²) in [5.41, 5.74) is 1.39. The zero-order chi connectivity index (χ0) is 15.2. The van der Waals surface area contributed by atoms with Gasteiger partial charge in [0.25, 0.3) is 0 Å². The monoisotopic (exact) mass is 307 g/mol. The number of rotatable bonds is 6. The van der Waals surface area contributed by atoms with Crippen molar-refractivity contribution in [3.05, 3.63) is 58.6 Å². The maximum absolute atomic E-state index is 10.1. The van der Waals surface area contributed by atoms with Gasteiger partial charge >= 0.3 is 0 Å². The fraction of sp³-hybridized carbons (Fsp3) is 0.250. The molecule has 0 fully saturated rings. The zero-order valence-electron chi connectivity index (χ0n) is 11.7. The Morgan fingerprint density at radius 1 is 1.24 bits per heavy atom. The highest BCUT2D eigenvalue weighted by atomic mass is 35.5. The molecule has 112 valence electrons. The molecular formula is C16H18ClNO3. The Bertz CT molecular complexity index is 604. The lowest BCUT2D eigenvalue weighted by molar-refractivity contribution is 0.174. The number of phenolic OH excluding ortho intramolecular Hbond substituents is 1. The number of nitrogens with one attached hydrogen (secondary N) is 1. The number of ether oxygens (including phenoxy) is 1. The van der Waals surface area contributed by atoms with Crippen molar-refractivity contribution >= 4 is 11.6 Å². The van der Waals surface area contributed by atoms with Crippen molar-refractivity contribution in [1.29, 1.82) is 0 Å². The van der Waals surface area contributed by atoms with Crippen LogP contribution >= 0.6 is 11.6 Å².